The van der Waals surface area contributed by atoms with Gasteiger partial charge in [-0.05, 0) is 49.2 Å². The van der Waals surface area contributed by atoms with Crippen LogP contribution in [0.3, 0.4) is 0 Å². The molecule has 2 N–H and O–H groups in total. The smallest absolute Gasteiger partial charge is 0.222 e. The largest absolute Gasteiger partial charge is 0.493 e. The van der Waals surface area contributed by atoms with E-state index in [9.17, 15) is 13.5 Å². The molecule has 3 heterocycles. The predicted molar refractivity (Wildman–Crippen MR) is 101 cm³/mol. The Hall–Kier alpha value is -2.67. The molecule has 1 atom stereocenters. The van der Waals surface area contributed by atoms with Crippen molar-refractivity contribution in [2.24, 2.45) is 4.99 Å². The fourth-order valence-corrected chi connectivity index (χ4v) is 4.79. The number of amidine groups is 1. The first kappa shape index (κ1) is 16.8. The summed E-state index contributed by atoms with van der Waals surface area (Å²) in [4.78, 5) is 8.69. The first-order valence-corrected chi connectivity index (χ1v) is 10.0. The molecule has 6 nitrogen and oxygen atoms in total. The highest BCUT2D eigenvalue weighted by Gasteiger charge is 2.41. The van der Waals surface area contributed by atoms with Crippen LogP contribution in [-0.4, -0.2) is 42.2 Å². The van der Waals surface area contributed by atoms with E-state index in [-0.39, 0.29) is 11.6 Å². The lowest BCUT2D eigenvalue weighted by molar-refractivity contribution is 0.452. The fourth-order valence-electron chi connectivity index (χ4n) is 3.25. The summed E-state index contributed by atoms with van der Waals surface area (Å²) in [5.74, 6) is 0.305. The van der Waals surface area contributed by atoms with E-state index in [1.54, 1.807) is 12.1 Å². The molecular formula is C19H19N3O3S. The number of sulfone groups is 1. The molecule has 26 heavy (non-hydrogen) atoms. The van der Waals surface area contributed by atoms with Gasteiger partial charge in [-0.1, -0.05) is 12.1 Å². The summed E-state index contributed by atoms with van der Waals surface area (Å²) in [6.07, 6.45) is 1.63. The van der Waals surface area contributed by atoms with E-state index in [0.29, 0.717) is 23.6 Å². The number of nitrogens with one attached hydrogen (secondary N) is 1. The third-order valence-corrected chi connectivity index (χ3v) is 6.34. The summed E-state index contributed by atoms with van der Waals surface area (Å²) >= 11 is 0. The van der Waals surface area contributed by atoms with Gasteiger partial charge in [-0.2, -0.15) is 0 Å². The van der Waals surface area contributed by atoms with Gasteiger partial charge in [0, 0.05) is 11.0 Å². The van der Waals surface area contributed by atoms with Crippen LogP contribution in [0.5, 0.6) is 5.88 Å². The Morgan fingerprint density at radius 2 is 1.96 bits per heavy atom. The molecule has 1 aromatic carbocycles. The van der Waals surface area contributed by atoms with E-state index in [0.717, 1.165) is 11.1 Å². The topological polar surface area (TPSA) is 91.7 Å². The van der Waals surface area contributed by atoms with Gasteiger partial charge >= 0.3 is 0 Å². The molecular weight excluding hydrogens is 350 g/mol. The summed E-state index contributed by atoms with van der Waals surface area (Å²) in [6, 6.07) is 9.61. The van der Waals surface area contributed by atoms with Crippen molar-refractivity contribution in [3.63, 3.8) is 0 Å². The van der Waals surface area contributed by atoms with Crippen LogP contribution in [-0.2, 0) is 9.84 Å². The molecule has 0 bridgehead atoms. The second-order valence-corrected chi connectivity index (χ2v) is 8.81. The van der Waals surface area contributed by atoms with E-state index in [4.69, 9.17) is 0 Å². The molecule has 134 valence electrons. The minimum Gasteiger partial charge on any atom is -0.493 e. The van der Waals surface area contributed by atoms with Crippen LogP contribution in [0.15, 0.2) is 46.8 Å². The maximum absolute atomic E-state index is 11.7. The fraction of sp³-hybridized carbons (Fsp3) is 0.263. The van der Waals surface area contributed by atoms with Gasteiger partial charge in [-0.3, -0.25) is 4.99 Å². The van der Waals surface area contributed by atoms with Crippen LogP contribution in [0.25, 0.3) is 11.3 Å². The third-order valence-electron chi connectivity index (χ3n) is 4.87. The number of rotatable bonds is 2. The van der Waals surface area contributed by atoms with Gasteiger partial charge in [0.2, 0.25) is 5.88 Å². The summed E-state index contributed by atoms with van der Waals surface area (Å²) < 4.78 is 23.4. The maximum atomic E-state index is 11.7. The second-order valence-electron chi connectivity index (χ2n) is 6.92. The van der Waals surface area contributed by atoms with Crippen LogP contribution in [0.1, 0.15) is 16.7 Å². The lowest BCUT2D eigenvalue weighted by atomic mass is 10.0. The van der Waals surface area contributed by atoms with Crippen molar-refractivity contribution in [2.45, 2.75) is 19.4 Å². The first-order chi connectivity index (χ1) is 12.3. The lowest BCUT2D eigenvalue weighted by Crippen LogP contribution is -2.46. The number of benzene rings is 1. The van der Waals surface area contributed by atoms with Crippen LogP contribution in [0.4, 0.5) is 0 Å². The summed E-state index contributed by atoms with van der Waals surface area (Å²) in [5, 5.41) is 14.8. The van der Waals surface area contributed by atoms with Crippen LogP contribution in [0, 0.1) is 13.8 Å². The summed E-state index contributed by atoms with van der Waals surface area (Å²) in [6.45, 7) is 4.40. The van der Waals surface area contributed by atoms with Gasteiger partial charge in [0.05, 0.1) is 29.1 Å². The Bertz CT molecular complexity index is 1070. The minimum absolute atomic E-state index is 0.0259. The van der Waals surface area contributed by atoms with Gasteiger partial charge in [-0.15, -0.1) is 0 Å². The molecule has 0 amide bonds. The van der Waals surface area contributed by atoms with E-state index in [1.165, 1.54) is 11.0 Å². The lowest BCUT2D eigenvalue weighted by Gasteiger charge is -2.20. The standard InChI is InChI=1S/C19H19N3O3S/c1-12-3-4-14(9-13(12)2)16-6-5-15(18(23)21-16)17-20-10-19(22-17)7-8-26(24,25)11-19/h3-9H,10-11H2,1-2H3,(H,20,22)(H,21,23)/t19-/m0/s1. The molecule has 0 radical (unpaired) electrons. The zero-order valence-electron chi connectivity index (χ0n) is 14.5. The molecule has 0 fully saturated rings. The number of aromatic hydroxyl groups is 1. The van der Waals surface area contributed by atoms with Crippen molar-refractivity contribution in [2.75, 3.05) is 12.3 Å². The zero-order valence-corrected chi connectivity index (χ0v) is 15.3. The summed E-state index contributed by atoms with van der Waals surface area (Å²) in [5.41, 5.74) is 3.71. The van der Waals surface area contributed by atoms with E-state index >= 15 is 0 Å². The molecule has 0 saturated carbocycles. The van der Waals surface area contributed by atoms with Gasteiger partial charge < -0.3 is 10.4 Å². The van der Waals surface area contributed by atoms with Gasteiger partial charge in [0.1, 0.15) is 5.84 Å². The van der Waals surface area contributed by atoms with E-state index < -0.39 is 15.4 Å². The maximum Gasteiger partial charge on any atom is 0.222 e. The zero-order chi connectivity index (χ0) is 18.5. The molecule has 2 aliphatic heterocycles. The highest BCUT2D eigenvalue weighted by atomic mass is 32.2. The SMILES string of the molecule is Cc1ccc(-c2ccc(C3=NC[C@]4(C=CS(=O)(=O)C4)N3)c(O)n2)cc1C. The van der Waals surface area contributed by atoms with Crippen molar-refractivity contribution in [1.82, 2.24) is 10.3 Å². The normalized spacial score (nSPS) is 23.2. The van der Waals surface area contributed by atoms with Crippen LogP contribution in [0.2, 0.25) is 0 Å². The average molecular weight is 369 g/mol. The Kier molecular flexibility index (Phi) is 3.66. The molecule has 4 rings (SSSR count). The number of hydrogen-bond donors (Lipinski definition) is 2. The molecule has 7 heteroatoms. The number of hydrogen-bond acceptors (Lipinski definition) is 6. The minimum atomic E-state index is -3.20. The van der Waals surface area contributed by atoms with Gasteiger partial charge in [-0.25, -0.2) is 13.4 Å². The van der Waals surface area contributed by atoms with E-state index in [2.05, 4.69) is 15.3 Å². The van der Waals surface area contributed by atoms with Crippen molar-refractivity contribution < 1.29 is 13.5 Å². The third kappa shape index (κ3) is 2.88. The number of aromatic nitrogens is 1. The first-order valence-electron chi connectivity index (χ1n) is 8.30. The quantitative estimate of drug-likeness (QED) is 0.846. The second kappa shape index (κ2) is 5.67. The van der Waals surface area contributed by atoms with Crippen molar-refractivity contribution in [3.8, 4) is 17.1 Å². The highest BCUT2D eigenvalue weighted by Crippen LogP contribution is 2.29. The monoisotopic (exact) mass is 369 g/mol. The summed E-state index contributed by atoms with van der Waals surface area (Å²) in [7, 11) is -3.20. The molecule has 1 aromatic heterocycles. The molecule has 0 saturated heterocycles. The Balaban J connectivity index is 1.61. The Morgan fingerprint density at radius 3 is 2.62 bits per heavy atom. The molecule has 2 aliphatic rings. The molecule has 2 aromatic rings. The predicted octanol–water partition coefficient (Wildman–Crippen LogP) is 2.10. The number of aliphatic imine (C=N–C) groups is 1. The van der Waals surface area contributed by atoms with E-state index in [1.807, 2.05) is 38.1 Å². The van der Waals surface area contributed by atoms with Crippen LogP contribution >= 0.6 is 0 Å². The molecule has 1 spiro atoms. The average Bonchev–Trinajstić information content (AvgIpc) is 3.12. The number of nitrogens with zero attached hydrogens (tertiary/aromatic N) is 2. The molecule has 0 aliphatic carbocycles. The highest BCUT2D eigenvalue weighted by molar-refractivity contribution is 7.94. The van der Waals surface area contributed by atoms with Crippen molar-refractivity contribution in [1.29, 1.82) is 0 Å². The number of aryl methyl sites for hydroxylation is 2. The van der Waals surface area contributed by atoms with Crippen LogP contribution < -0.4 is 5.32 Å². The Labute approximate surface area is 152 Å². The molecule has 0 unspecified atom stereocenters. The van der Waals surface area contributed by atoms with Gasteiger partial charge in [0.25, 0.3) is 0 Å². The van der Waals surface area contributed by atoms with Crippen molar-refractivity contribution >= 4 is 15.7 Å². The van der Waals surface area contributed by atoms with Gasteiger partial charge in [0.15, 0.2) is 9.84 Å². The number of pyridine rings is 1. The van der Waals surface area contributed by atoms with Crippen molar-refractivity contribution in [3.05, 3.63) is 58.5 Å². The Morgan fingerprint density at radius 1 is 1.15 bits per heavy atom.